The van der Waals surface area contributed by atoms with E-state index in [0.717, 1.165) is 30.1 Å². The number of carbonyl (C=O) groups excluding carboxylic acids is 1. The van der Waals surface area contributed by atoms with Gasteiger partial charge in [-0.25, -0.2) is 23.1 Å². The number of nitrogens with zero attached hydrogens (tertiary/aromatic N) is 4. The zero-order chi connectivity index (χ0) is 27.0. The zero-order valence-electron chi connectivity index (χ0n) is 20.5. The van der Waals surface area contributed by atoms with Crippen molar-refractivity contribution in [2.24, 2.45) is 5.92 Å². The molecule has 3 aromatic heterocycles. The van der Waals surface area contributed by atoms with Crippen molar-refractivity contribution in [3.05, 3.63) is 86.1 Å². The van der Waals surface area contributed by atoms with Crippen LogP contribution in [0.3, 0.4) is 0 Å². The maximum absolute atomic E-state index is 13.5. The second-order valence-corrected chi connectivity index (χ2v) is 10.4. The molecule has 3 heterocycles. The van der Waals surface area contributed by atoms with Gasteiger partial charge in [0.1, 0.15) is 5.69 Å². The standard InChI is InChI=1S/C27H25Cl2F2N5O2/c1-15-4-9-19(12-21(15)29)36-25-22(3-2-10-32-25)35(27(36)38)14-16-5-7-18(8-6-16)34-26(37)20-11-17(28)13-33-23(20)24(30)31/h2-4,9-13,16,18,24H,5-8,14H2,1H3,(H,34,37)/t16-,18-. The molecule has 11 heteroatoms. The molecule has 0 bridgehead atoms. The molecular formula is C27H25Cl2F2N5O2. The predicted octanol–water partition coefficient (Wildman–Crippen LogP) is 6.12. The Balaban J connectivity index is 1.31. The van der Waals surface area contributed by atoms with Gasteiger partial charge in [-0.2, -0.15) is 0 Å². The number of carbonyl (C=O) groups is 1. The van der Waals surface area contributed by atoms with Crippen LogP contribution >= 0.6 is 23.2 Å². The van der Waals surface area contributed by atoms with Crippen LogP contribution in [0, 0.1) is 12.8 Å². The van der Waals surface area contributed by atoms with Crippen molar-refractivity contribution < 1.29 is 13.6 Å². The molecule has 0 spiro atoms. The lowest BCUT2D eigenvalue weighted by Crippen LogP contribution is -2.39. The largest absolute Gasteiger partial charge is 0.349 e. The third kappa shape index (κ3) is 5.17. The third-order valence-electron chi connectivity index (χ3n) is 7.06. The lowest BCUT2D eigenvalue weighted by molar-refractivity contribution is 0.0904. The summed E-state index contributed by atoms with van der Waals surface area (Å²) in [6, 6.07) is 10.2. The second-order valence-electron chi connectivity index (χ2n) is 9.59. The number of alkyl halides is 2. The van der Waals surface area contributed by atoms with E-state index in [1.54, 1.807) is 27.5 Å². The Labute approximate surface area is 227 Å². The van der Waals surface area contributed by atoms with Crippen LogP contribution in [-0.4, -0.2) is 31.1 Å². The minimum Gasteiger partial charge on any atom is -0.349 e. The Morgan fingerprint density at radius 1 is 1.13 bits per heavy atom. The Kier molecular flexibility index (Phi) is 7.49. The molecule has 1 aliphatic rings. The normalized spacial score (nSPS) is 17.7. The first kappa shape index (κ1) is 26.3. The first-order chi connectivity index (χ1) is 18.2. The highest BCUT2D eigenvalue weighted by Crippen LogP contribution is 2.29. The molecule has 0 atom stereocenters. The maximum Gasteiger partial charge on any atom is 0.334 e. The molecule has 198 valence electrons. The topological polar surface area (TPSA) is 81.8 Å². The monoisotopic (exact) mass is 559 g/mol. The van der Waals surface area contributed by atoms with Crippen molar-refractivity contribution in [2.45, 2.75) is 51.6 Å². The van der Waals surface area contributed by atoms with Crippen LogP contribution in [0.2, 0.25) is 10.0 Å². The number of aromatic nitrogens is 4. The highest BCUT2D eigenvalue weighted by atomic mass is 35.5. The molecule has 1 aromatic carbocycles. The molecule has 5 rings (SSSR count). The fourth-order valence-electron chi connectivity index (χ4n) is 5.03. The van der Waals surface area contributed by atoms with Crippen LogP contribution in [0.15, 0.2) is 53.6 Å². The van der Waals surface area contributed by atoms with Gasteiger partial charge in [0.25, 0.3) is 12.3 Å². The number of hydrogen-bond donors (Lipinski definition) is 1. The van der Waals surface area contributed by atoms with Crippen LogP contribution in [0.4, 0.5) is 8.78 Å². The van der Waals surface area contributed by atoms with Gasteiger partial charge in [0.05, 0.1) is 21.8 Å². The Morgan fingerprint density at radius 3 is 2.61 bits per heavy atom. The zero-order valence-corrected chi connectivity index (χ0v) is 22.0. The molecule has 1 fully saturated rings. The van der Waals surface area contributed by atoms with Gasteiger partial charge in [-0.05, 0) is 74.4 Å². The summed E-state index contributed by atoms with van der Waals surface area (Å²) >= 11 is 12.2. The van der Waals surface area contributed by atoms with E-state index in [9.17, 15) is 18.4 Å². The fourth-order valence-corrected chi connectivity index (χ4v) is 5.36. The average molecular weight is 560 g/mol. The summed E-state index contributed by atoms with van der Waals surface area (Å²) in [6.07, 6.45) is 2.72. The predicted molar refractivity (Wildman–Crippen MR) is 142 cm³/mol. The van der Waals surface area contributed by atoms with E-state index < -0.39 is 18.0 Å². The summed E-state index contributed by atoms with van der Waals surface area (Å²) in [4.78, 5) is 34.4. The minimum atomic E-state index is -2.88. The van der Waals surface area contributed by atoms with E-state index in [2.05, 4.69) is 15.3 Å². The molecule has 1 aliphatic carbocycles. The number of halogens is 4. The van der Waals surface area contributed by atoms with E-state index in [4.69, 9.17) is 23.2 Å². The molecule has 1 saturated carbocycles. The van der Waals surface area contributed by atoms with Crippen molar-refractivity contribution >= 4 is 40.3 Å². The SMILES string of the molecule is Cc1ccc(-n2c(=O)n(C[C@H]3CC[C@H](NC(=O)c4cc(Cl)cnc4C(F)F)CC3)c3cccnc32)cc1Cl. The number of imidazole rings is 1. The average Bonchev–Trinajstić information content (AvgIpc) is 3.17. The number of pyridine rings is 2. The number of aryl methyl sites for hydroxylation is 1. The van der Waals surface area contributed by atoms with Crippen LogP contribution < -0.4 is 11.0 Å². The van der Waals surface area contributed by atoms with Gasteiger partial charge < -0.3 is 5.32 Å². The van der Waals surface area contributed by atoms with Gasteiger partial charge in [-0.1, -0.05) is 29.3 Å². The number of amides is 1. The lowest BCUT2D eigenvalue weighted by atomic mass is 9.85. The van der Waals surface area contributed by atoms with Crippen LogP contribution in [0.25, 0.3) is 16.9 Å². The molecule has 0 aliphatic heterocycles. The van der Waals surface area contributed by atoms with Gasteiger partial charge in [-0.15, -0.1) is 0 Å². The quantitative estimate of drug-likeness (QED) is 0.308. The van der Waals surface area contributed by atoms with Crippen LogP contribution in [-0.2, 0) is 6.54 Å². The van der Waals surface area contributed by atoms with E-state index in [-0.39, 0.29) is 28.2 Å². The molecule has 1 amide bonds. The first-order valence-corrected chi connectivity index (χ1v) is 13.1. The van der Waals surface area contributed by atoms with Crippen molar-refractivity contribution in [1.29, 1.82) is 0 Å². The van der Waals surface area contributed by atoms with E-state index in [1.807, 2.05) is 25.1 Å². The smallest absolute Gasteiger partial charge is 0.334 e. The summed E-state index contributed by atoms with van der Waals surface area (Å²) in [5.41, 5.74) is 1.87. The molecule has 0 unspecified atom stereocenters. The summed E-state index contributed by atoms with van der Waals surface area (Å²) in [7, 11) is 0. The van der Waals surface area contributed by atoms with E-state index >= 15 is 0 Å². The Hall–Kier alpha value is -3.30. The van der Waals surface area contributed by atoms with E-state index in [0.29, 0.717) is 35.7 Å². The van der Waals surface area contributed by atoms with Crippen molar-refractivity contribution in [3.8, 4) is 5.69 Å². The van der Waals surface area contributed by atoms with Crippen molar-refractivity contribution in [2.75, 3.05) is 0 Å². The molecule has 7 nitrogen and oxygen atoms in total. The van der Waals surface area contributed by atoms with Gasteiger partial charge in [-0.3, -0.25) is 14.3 Å². The minimum absolute atomic E-state index is 0.121. The first-order valence-electron chi connectivity index (χ1n) is 12.3. The van der Waals surface area contributed by atoms with Crippen molar-refractivity contribution in [3.63, 3.8) is 0 Å². The molecule has 0 saturated heterocycles. The summed E-state index contributed by atoms with van der Waals surface area (Å²) < 4.78 is 30.0. The van der Waals surface area contributed by atoms with Crippen LogP contribution in [0.1, 0.15) is 53.7 Å². The summed E-state index contributed by atoms with van der Waals surface area (Å²) in [5.74, 6) is -0.410. The lowest BCUT2D eigenvalue weighted by Gasteiger charge is -2.29. The fraction of sp³-hybridized carbons (Fsp3) is 0.333. The molecule has 4 aromatic rings. The highest BCUT2D eigenvalue weighted by molar-refractivity contribution is 6.31. The summed E-state index contributed by atoms with van der Waals surface area (Å²) in [5, 5.41) is 3.54. The molecule has 0 radical (unpaired) electrons. The van der Waals surface area contributed by atoms with Gasteiger partial charge in [0.2, 0.25) is 0 Å². The number of rotatable bonds is 6. The van der Waals surface area contributed by atoms with Crippen molar-refractivity contribution in [1.82, 2.24) is 24.4 Å². The maximum atomic E-state index is 13.5. The molecular weight excluding hydrogens is 535 g/mol. The molecule has 1 N–H and O–H groups in total. The second kappa shape index (κ2) is 10.8. The molecule has 38 heavy (non-hydrogen) atoms. The Bertz CT molecular complexity index is 1560. The number of benzene rings is 1. The summed E-state index contributed by atoms with van der Waals surface area (Å²) in [6.45, 7) is 2.40. The van der Waals surface area contributed by atoms with Gasteiger partial charge in [0, 0.05) is 30.0 Å². The third-order valence-corrected chi connectivity index (χ3v) is 7.68. The number of fused-ring (bicyclic) bond motifs is 1. The number of nitrogens with one attached hydrogen (secondary N) is 1. The van der Waals surface area contributed by atoms with Gasteiger partial charge >= 0.3 is 5.69 Å². The van der Waals surface area contributed by atoms with Gasteiger partial charge in [0.15, 0.2) is 5.65 Å². The van der Waals surface area contributed by atoms with Crippen LogP contribution in [0.5, 0.6) is 0 Å². The Morgan fingerprint density at radius 2 is 1.89 bits per heavy atom. The van der Waals surface area contributed by atoms with E-state index in [1.165, 1.54) is 6.07 Å². The number of hydrogen-bond acceptors (Lipinski definition) is 4. The highest BCUT2D eigenvalue weighted by Gasteiger charge is 2.27.